The molecular formula is C23H24F3N7OS. The van der Waals surface area contributed by atoms with Crippen LogP contribution in [0, 0.1) is 6.92 Å². The van der Waals surface area contributed by atoms with Gasteiger partial charge in [-0.1, -0.05) is 18.3 Å². The predicted octanol–water partition coefficient (Wildman–Crippen LogP) is 4.36. The molecule has 0 aliphatic carbocycles. The molecule has 0 saturated carbocycles. The summed E-state index contributed by atoms with van der Waals surface area (Å²) < 4.78 is 41.1. The molecule has 0 aromatic carbocycles. The number of thiazole rings is 1. The van der Waals surface area contributed by atoms with E-state index in [1.807, 2.05) is 21.0 Å². The highest BCUT2D eigenvalue weighted by molar-refractivity contribution is 7.18. The summed E-state index contributed by atoms with van der Waals surface area (Å²) in [5.41, 5.74) is 1.61. The van der Waals surface area contributed by atoms with Gasteiger partial charge in [-0.2, -0.15) is 23.4 Å². The second-order valence-electron chi connectivity index (χ2n) is 8.39. The Hall–Kier alpha value is -3.25. The number of aromatic nitrogens is 6. The van der Waals surface area contributed by atoms with Crippen LogP contribution in [0.15, 0.2) is 30.9 Å². The fraction of sp³-hybridized carbons (Fsp3) is 0.391. The van der Waals surface area contributed by atoms with Crippen molar-refractivity contribution in [1.82, 2.24) is 34.8 Å². The maximum atomic E-state index is 13.7. The van der Waals surface area contributed by atoms with Crippen molar-refractivity contribution in [1.29, 1.82) is 0 Å². The lowest BCUT2D eigenvalue weighted by molar-refractivity contribution is -0.138. The predicted molar refractivity (Wildman–Crippen MR) is 125 cm³/mol. The van der Waals surface area contributed by atoms with Crippen LogP contribution in [0.5, 0.6) is 0 Å². The van der Waals surface area contributed by atoms with E-state index in [1.54, 1.807) is 6.20 Å². The minimum absolute atomic E-state index is 0.0177. The number of carbonyl (C=O) groups excluding carboxylic acids is 1. The molecule has 0 saturated heterocycles. The summed E-state index contributed by atoms with van der Waals surface area (Å²) >= 11 is 1.49. The van der Waals surface area contributed by atoms with E-state index < -0.39 is 17.6 Å². The van der Waals surface area contributed by atoms with Crippen LogP contribution in [0.25, 0.3) is 16.2 Å². The molecule has 35 heavy (non-hydrogen) atoms. The molecule has 4 aromatic rings. The standard InChI is InChI=1S/C23H24F3N7OS/c1-5-18(32(3)4)19-15(12-28-22-20(19)31-13(2)35-22)10-16(34)8-14-9-17(23(24,25)26)21(27-11-14)33-29-6-7-30-33/h6-7,9,11-12,18H,5,8,10H2,1-4H3. The van der Waals surface area contributed by atoms with Crippen LogP contribution in [0.4, 0.5) is 13.2 Å². The third-order valence-corrected chi connectivity index (χ3v) is 6.50. The van der Waals surface area contributed by atoms with Gasteiger partial charge in [-0.25, -0.2) is 15.0 Å². The maximum absolute atomic E-state index is 13.7. The Labute approximate surface area is 203 Å². The van der Waals surface area contributed by atoms with Crippen LogP contribution >= 0.6 is 11.3 Å². The Morgan fingerprint density at radius 3 is 2.49 bits per heavy atom. The van der Waals surface area contributed by atoms with Crippen molar-refractivity contribution in [3.05, 3.63) is 58.1 Å². The molecule has 4 rings (SSSR count). The summed E-state index contributed by atoms with van der Waals surface area (Å²) in [7, 11) is 3.93. The zero-order valence-electron chi connectivity index (χ0n) is 19.7. The summed E-state index contributed by atoms with van der Waals surface area (Å²) in [5.74, 6) is -0.681. The smallest absolute Gasteiger partial charge is 0.302 e. The molecule has 0 radical (unpaired) electrons. The Morgan fingerprint density at radius 2 is 1.86 bits per heavy atom. The largest absolute Gasteiger partial charge is 0.420 e. The Kier molecular flexibility index (Phi) is 6.95. The number of carbonyl (C=O) groups is 1. The van der Waals surface area contributed by atoms with Gasteiger partial charge < -0.3 is 4.90 Å². The number of ketones is 1. The first-order chi connectivity index (χ1) is 16.6. The van der Waals surface area contributed by atoms with Gasteiger partial charge in [0.25, 0.3) is 0 Å². The maximum Gasteiger partial charge on any atom is 0.420 e. The van der Waals surface area contributed by atoms with E-state index in [4.69, 9.17) is 0 Å². The number of nitrogens with zero attached hydrogens (tertiary/aromatic N) is 7. The number of rotatable bonds is 8. The van der Waals surface area contributed by atoms with Crippen LogP contribution in [-0.2, 0) is 23.8 Å². The third-order valence-electron chi connectivity index (χ3n) is 5.62. The molecule has 0 N–H and O–H groups in total. The second kappa shape index (κ2) is 9.78. The van der Waals surface area contributed by atoms with Gasteiger partial charge in [0.15, 0.2) is 5.82 Å². The van der Waals surface area contributed by atoms with Crippen LogP contribution in [0.3, 0.4) is 0 Å². The van der Waals surface area contributed by atoms with E-state index in [-0.39, 0.29) is 30.2 Å². The summed E-state index contributed by atoms with van der Waals surface area (Å²) in [6.45, 7) is 3.97. The van der Waals surface area contributed by atoms with Crippen molar-refractivity contribution in [3.8, 4) is 5.82 Å². The van der Waals surface area contributed by atoms with Gasteiger partial charge in [0.05, 0.1) is 17.4 Å². The van der Waals surface area contributed by atoms with E-state index in [0.717, 1.165) is 43.8 Å². The summed E-state index contributed by atoms with van der Waals surface area (Å²) in [6.07, 6.45) is 1.42. The van der Waals surface area contributed by atoms with Crippen molar-refractivity contribution in [2.45, 2.75) is 45.3 Å². The van der Waals surface area contributed by atoms with E-state index in [2.05, 4.69) is 37.0 Å². The normalized spacial score (nSPS) is 13.0. The van der Waals surface area contributed by atoms with Gasteiger partial charge >= 0.3 is 6.18 Å². The van der Waals surface area contributed by atoms with Crippen molar-refractivity contribution >= 4 is 27.5 Å². The van der Waals surface area contributed by atoms with E-state index in [0.29, 0.717) is 0 Å². The van der Waals surface area contributed by atoms with Gasteiger partial charge in [-0.3, -0.25) is 4.79 Å². The number of Topliss-reactive ketones (excluding diaryl/α,β-unsaturated/α-hetero) is 1. The Morgan fingerprint density at radius 1 is 1.14 bits per heavy atom. The molecule has 0 aliphatic rings. The zero-order valence-corrected chi connectivity index (χ0v) is 20.5. The average Bonchev–Trinajstić information content (AvgIpc) is 3.44. The number of halogens is 3. The van der Waals surface area contributed by atoms with Crippen LogP contribution in [0.2, 0.25) is 0 Å². The van der Waals surface area contributed by atoms with Crippen molar-refractivity contribution < 1.29 is 18.0 Å². The first-order valence-corrected chi connectivity index (χ1v) is 11.8. The SMILES string of the molecule is CCC(c1c(CC(=O)Cc2cnc(-n3nccn3)c(C(F)(F)F)c2)cnc2sc(C)nc12)N(C)C. The molecule has 0 amide bonds. The molecule has 4 heterocycles. The highest BCUT2D eigenvalue weighted by Crippen LogP contribution is 2.35. The minimum atomic E-state index is -4.68. The zero-order chi connectivity index (χ0) is 25.3. The number of hydrogen-bond acceptors (Lipinski definition) is 8. The first kappa shape index (κ1) is 24.9. The number of alkyl halides is 3. The monoisotopic (exact) mass is 503 g/mol. The van der Waals surface area contributed by atoms with Gasteiger partial charge in [-0.15, -0.1) is 4.80 Å². The summed E-state index contributed by atoms with van der Waals surface area (Å²) in [6, 6.07) is 0.953. The quantitative estimate of drug-likeness (QED) is 0.353. The summed E-state index contributed by atoms with van der Waals surface area (Å²) in [4.78, 5) is 29.8. The summed E-state index contributed by atoms with van der Waals surface area (Å²) in [5, 5.41) is 8.36. The molecule has 4 aromatic heterocycles. The second-order valence-corrected chi connectivity index (χ2v) is 9.58. The van der Waals surface area contributed by atoms with Crippen LogP contribution < -0.4 is 0 Å². The number of aryl methyl sites for hydroxylation is 1. The van der Waals surface area contributed by atoms with Gasteiger partial charge in [0.1, 0.15) is 21.7 Å². The molecule has 12 heteroatoms. The fourth-order valence-electron chi connectivity index (χ4n) is 4.17. The lowest BCUT2D eigenvalue weighted by Crippen LogP contribution is -2.22. The minimum Gasteiger partial charge on any atom is -0.302 e. The molecule has 184 valence electrons. The van der Waals surface area contributed by atoms with Gasteiger partial charge in [0.2, 0.25) is 0 Å². The first-order valence-electron chi connectivity index (χ1n) is 10.9. The Bertz CT molecular complexity index is 1350. The van der Waals surface area contributed by atoms with Crippen molar-refractivity contribution in [2.24, 2.45) is 0 Å². The third kappa shape index (κ3) is 5.22. The Balaban J connectivity index is 1.65. The van der Waals surface area contributed by atoms with Gasteiger partial charge in [-0.05, 0) is 44.6 Å². The van der Waals surface area contributed by atoms with Gasteiger partial charge in [0, 0.05) is 36.8 Å². The highest BCUT2D eigenvalue weighted by atomic mass is 32.1. The van der Waals surface area contributed by atoms with E-state index >= 15 is 0 Å². The molecule has 0 aliphatic heterocycles. The molecule has 0 spiro atoms. The molecule has 0 bridgehead atoms. The molecule has 8 nitrogen and oxygen atoms in total. The molecular weight excluding hydrogens is 479 g/mol. The van der Waals surface area contributed by atoms with Crippen molar-refractivity contribution in [3.63, 3.8) is 0 Å². The molecule has 1 unspecified atom stereocenters. The fourth-order valence-corrected chi connectivity index (χ4v) is 4.95. The lowest BCUT2D eigenvalue weighted by atomic mass is 9.94. The molecule has 1 atom stereocenters. The van der Waals surface area contributed by atoms with Crippen LogP contribution in [0.1, 0.15) is 46.6 Å². The topological polar surface area (TPSA) is 89.7 Å². The number of fused-ring (bicyclic) bond motifs is 1. The number of hydrogen-bond donors (Lipinski definition) is 0. The van der Waals surface area contributed by atoms with E-state index in [1.165, 1.54) is 29.9 Å². The number of pyridine rings is 2. The van der Waals surface area contributed by atoms with Crippen molar-refractivity contribution in [2.75, 3.05) is 14.1 Å². The van der Waals surface area contributed by atoms with E-state index in [9.17, 15) is 18.0 Å². The highest BCUT2D eigenvalue weighted by Gasteiger charge is 2.36. The average molecular weight is 504 g/mol. The van der Waals surface area contributed by atoms with Crippen LogP contribution in [-0.4, -0.2) is 54.7 Å². The lowest BCUT2D eigenvalue weighted by Gasteiger charge is -2.25. The molecule has 0 fully saturated rings.